The van der Waals surface area contributed by atoms with Crippen LogP contribution in [0.15, 0.2) is 24.4 Å². The smallest absolute Gasteiger partial charge is 0.0645 e. The predicted molar refractivity (Wildman–Crippen MR) is 90.1 cm³/mol. The molecule has 2 aromatic rings. The number of aromatic nitrogens is 1. The van der Waals surface area contributed by atoms with Gasteiger partial charge in [-0.05, 0) is 30.7 Å². The fourth-order valence-corrected chi connectivity index (χ4v) is 2.60. The summed E-state index contributed by atoms with van der Waals surface area (Å²) in [4.78, 5) is 0. The SMILES string of the molecule is CCCCOCCn1cc(CNCC)c2ccc(Cl)cc21. The number of hydrogen-bond acceptors (Lipinski definition) is 2. The number of unbranched alkanes of at least 4 members (excludes halogenated alkanes) is 1. The monoisotopic (exact) mass is 308 g/mol. The number of ether oxygens (including phenoxy) is 1. The van der Waals surface area contributed by atoms with Gasteiger partial charge in [0, 0.05) is 41.8 Å². The molecule has 0 spiro atoms. The van der Waals surface area contributed by atoms with Crippen molar-refractivity contribution >= 4 is 22.5 Å². The van der Waals surface area contributed by atoms with E-state index in [0.717, 1.165) is 44.3 Å². The van der Waals surface area contributed by atoms with E-state index in [-0.39, 0.29) is 0 Å². The number of rotatable bonds is 9. The summed E-state index contributed by atoms with van der Waals surface area (Å²) in [7, 11) is 0. The minimum absolute atomic E-state index is 0.747. The maximum Gasteiger partial charge on any atom is 0.0645 e. The van der Waals surface area contributed by atoms with Crippen LogP contribution in [0.2, 0.25) is 5.02 Å². The summed E-state index contributed by atoms with van der Waals surface area (Å²) < 4.78 is 7.93. The number of nitrogens with zero attached hydrogens (tertiary/aromatic N) is 1. The van der Waals surface area contributed by atoms with E-state index < -0.39 is 0 Å². The van der Waals surface area contributed by atoms with Crippen LogP contribution in [0.4, 0.5) is 0 Å². The van der Waals surface area contributed by atoms with Gasteiger partial charge in [0.25, 0.3) is 0 Å². The third-order valence-corrected chi connectivity index (χ3v) is 3.85. The van der Waals surface area contributed by atoms with E-state index >= 15 is 0 Å². The van der Waals surface area contributed by atoms with Gasteiger partial charge < -0.3 is 14.6 Å². The van der Waals surface area contributed by atoms with Crippen molar-refractivity contribution in [2.24, 2.45) is 0 Å². The molecule has 0 atom stereocenters. The Bertz CT molecular complexity index is 565. The van der Waals surface area contributed by atoms with Crippen LogP contribution < -0.4 is 5.32 Å². The van der Waals surface area contributed by atoms with Gasteiger partial charge in [-0.3, -0.25) is 0 Å². The van der Waals surface area contributed by atoms with Gasteiger partial charge in [-0.15, -0.1) is 0 Å². The molecule has 0 bridgehead atoms. The molecule has 4 heteroatoms. The number of fused-ring (bicyclic) bond motifs is 1. The van der Waals surface area contributed by atoms with Crippen molar-refractivity contribution < 1.29 is 4.74 Å². The third-order valence-electron chi connectivity index (χ3n) is 3.61. The van der Waals surface area contributed by atoms with Gasteiger partial charge in [-0.25, -0.2) is 0 Å². The summed E-state index contributed by atoms with van der Waals surface area (Å²) in [5.41, 5.74) is 2.51. The molecule has 1 N–H and O–H groups in total. The lowest BCUT2D eigenvalue weighted by atomic mass is 10.2. The number of halogens is 1. The molecule has 0 unspecified atom stereocenters. The summed E-state index contributed by atoms with van der Waals surface area (Å²) in [5.74, 6) is 0. The molecule has 1 aromatic carbocycles. The average molecular weight is 309 g/mol. The Hall–Kier alpha value is -1.03. The molecule has 0 amide bonds. The molecule has 0 fully saturated rings. The molecule has 116 valence electrons. The third kappa shape index (κ3) is 4.47. The summed E-state index contributed by atoms with van der Waals surface area (Å²) >= 11 is 6.15. The van der Waals surface area contributed by atoms with Crippen molar-refractivity contribution in [2.45, 2.75) is 39.8 Å². The van der Waals surface area contributed by atoms with Gasteiger partial charge in [-0.2, -0.15) is 0 Å². The molecule has 0 saturated carbocycles. The topological polar surface area (TPSA) is 26.2 Å². The standard InChI is InChI=1S/C17H25ClN2O/c1-3-5-9-21-10-8-20-13-14(12-19-4-2)16-7-6-15(18)11-17(16)20/h6-7,11,13,19H,3-5,8-10,12H2,1-2H3. The van der Waals surface area contributed by atoms with Crippen LogP contribution >= 0.6 is 11.6 Å². The summed E-state index contributed by atoms with van der Waals surface area (Å²) in [5, 5.41) is 5.44. The van der Waals surface area contributed by atoms with Crippen LogP contribution in [0.25, 0.3) is 10.9 Å². The zero-order valence-corrected chi connectivity index (χ0v) is 13.7. The lowest BCUT2D eigenvalue weighted by Gasteiger charge is -2.06. The van der Waals surface area contributed by atoms with Gasteiger partial charge in [0.15, 0.2) is 0 Å². The average Bonchev–Trinajstić information content (AvgIpc) is 2.82. The molecule has 21 heavy (non-hydrogen) atoms. The molecule has 0 aliphatic carbocycles. The predicted octanol–water partition coefficient (Wildman–Crippen LogP) is 4.22. The Labute approximate surface area is 132 Å². The van der Waals surface area contributed by atoms with Crippen molar-refractivity contribution in [3.63, 3.8) is 0 Å². The fraction of sp³-hybridized carbons (Fsp3) is 0.529. The van der Waals surface area contributed by atoms with Crippen LogP contribution in [0.5, 0.6) is 0 Å². The van der Waals surface area contributed by atoms with E-state index in [0.29, 0.717) is 0 Å². The number of nitrogens with one attached hydrogen (secondary N) is 1. The van der Waals surface area contributed by atoms with Crippen LogP contribution in [0, 0.1) is 0 Å². The summed E-state index contributed by atoms with van der Waals surface area (Å²) in [6, 6.07) is 6.11. The molecule has 3 nitrogen and oxygen atoms in total. The minimum Gasteiger partial charge on any atom is -0.380 e. The molecule has 0 aliphatic rings. The number of hydrogen-bond donors (Lipinski definition) is 1. The van der Waals surface area contributed by atoms with Crippen molar-refractivity contribution in [1.82, 2.24) is 9.88 Å². The normalized spacial score (nSPS) is 11.4. The second-order valence-corrected chi connectivity index (χ2v) is 5.69. The van der Waals surface area contributed by atoms with Gasteiger partial charge in [0.2, 0.25) is 0 Å². The highest BCUT2D eigenvalue weighted by Gasteiger charge is 2.08. The number of benzene rings is 1. The zero-order chi connectivity index (χ0) is 15.1. The van der Waals surface area contributed by atoms with Crippen molar-refractivity contribution in [1.29, 1.82) is 0 Å². The molecule has 2 rings (SSSR count). The molecular weight excluding hydrogens is 284 g/mol. The zero-order valence-electron chi connectivity index (χ0n) is 13.0. The lowest BCUT2D eigenvalue weighted by molar-refractivity contribution is 0.124. The minimum atomic E-state index is 0.747. The Morgan fingerprint density at radius 3 is 2.86 bits per heavy atom. The second-order valence-electron chi connectivity index (χ2n) is 5.26. The van der Waals surface area contributed by atoms with E-state index in [4.69, 9.17) is 16.3 Å². The highest BCUT2D eigenvalue weighted by atomic mass is 35.5. The largest absolute Gasteiger partial charge is 0.380 e. The molecule has 1 aromatic heterocycles. The molecule has 0 aliphatic heterocycles. The Balaban J connectivity index is 2.11. The van der Waals surface area contributed by atoms with E-state index in [1.807, 2.05) is 12.1 Å². The van der Waals surface area contributed by atoms with Crippen molar-refractivity contribution in [3.8, 4) is 0 Å². The van der Waals surface area contributed by atoms with Crippen LogP contribution in [0.1, 0.15) is 32.3 Å². The summed E-state index contributed by atoms with van der Waals surface area (Å²) in [6.45, 7) is 8.62. The van der Waals surface area contributed by atoms with Crippen LogP contribution in [0.3, 0.4) is 0 Å². The van der Waals surface area contributed by atoms with Gasteiger partial charge in [-0.1, -0.05) is 37.9 Å². The van der Waals surface area contributed by atoms with E-state index in [2.05, 4.69) is 36.0 Å². The quantitative estimate of drug-likeness (QED) is 0.702. The van der Waals surface area contributed by atoms with Gasteiger partial charge in [0.1, 0.15) is 0 Å². The first-order valence-electron chi connectivity index (χ1n) is 7.82. The fourth-order valence-electron chi connectivity index (χ4n) is 2.44. The van der Waals surface area contributed by atoms with Gasteiger partial charge >= 0.3 is 0 Å². The van der Waals surface area contributed by atoms with Crippen LogP contribution in [-0.2, 0) is 17.8 Å². The van der Waals surface area contributed by atoms with Gasteiger partial charge in [0.05, 0.1) is 6.61 Å². The Kier molecular flexibility index (Phi) is 6.55. The van der Waals surface area contributed by atoms with Crippen molar-refractivity contribution in [2.75, 3.05) is 19.8 Å². The van der Waals surface area contributed by atoms with E-state index in [1.165, 1.54) is 22.9 Å². The second kappa shape index (κ2) is 8.42. The Morgan fingerprint density at radius 1 is 1.24 bits per heavy atom. The first kappa shape index (κ1) is 16.3. The molecule has 0 radical (unpaired) electrons. The highest BCUT2D eigenvalue weighted by molar-refractivity contribution is 6.31. The first-order chi connectivity index (χ1) is 10.3. The van der Waals surface area contributed by atoms with Crippen LogP contribution in [-0.4, -0.2) is 24.3 Å². The molecule has 1 heterocycles. The Morgan fingerprint density at radius 2 is 2.10 bits per heavy atom. The van der Waals surface area contributed by atoms with E-state index in [1.54, 1.807) is 0 Å². The molecule has 0 saturated heterocycles. The van der Waals surface area contributed by atoms with E-state index in [9.17, 15) is 0 Å². The summed E-state index contributed by atoms with van der Waals surface area (Å²) in [6.07, 6.45) is 4.52. The molecular formula is C17H25ClN2O. The maximum absolute atomic E-state index is 6.15. The lowest BCUT2D eigenvalue weighted by Crippen LogP contribution is -2.11. The maximum atomic E-state index is 6.15. The van der Waals surface area contributed by atoms with Crippen molar-refractivity contribution in [3.05, 3.63) is 35.0 Å². The first-order valence-corrected chi connectivity index (χ1v) is 8.19. The highest BCUT2D eigenvalue weighted by Crippen LogP contribution is 2.25.